The number of cyclic esters (lactones) is 1. The van der Waals surface area contributed by atoms with Crippen molar-refractivity contribution in [1.29, 1.82) is 0 Å². The molecular weight excluding hydrogens is 450 g/mol. The summed E-state index contributed by atoms with van der Waals surface area (Å²) in [4.78, 5) is 19.6. The fourth-order valence-electron chi connectivity index (χ4n) is 5.34. The second-order valence-corrected chi connectivity index (χ2v) is 10.5. The molecule has 1 saturated heterocycles. The van der Waals surface area contributed by atoms with Crippen LogP contribution in [0, 0.1) is 0 Å². The molecule has 4 aromatic rings. The molecule has 1 aliphatic rings. The summed E-state index contributed by atoms with van der Waals surface area (Å²) in [7, 11) is 1.99. The number of hydrogen-bond donors (Lipinski definition) is 1. The number of benzene rings is 3. The van der Waals surface area contributed by atoms with E-state index in [2.05, 4.69) is 47.4 Å². The highest BCUT2D eigenvalue weighted by atomic mass is 16.6. The highest BCUT2D eigenvalue weighted by Gasteiger charge is 2.46. The second-order valence-electron chi connectivity index (χ2n) is 10.5. The molecule has 5 rings (SSSR count). The topological polar surface area (TPSA) is 67.6 Å². The van der Waals surface area contributed by atoms with E-state index < -0.39 is 11.2 Å². The third-order valence-corrected chi connectivity index (χ3v) is 7.21. The van der Waals surface area contributed by atoms with Gasteiger partial charge in [-0.15, -0.1) is 0 Å². The van der Waals surface area contributed by atoms with Crippen molar-refractivity contribution in [3.05, 3.63) is 90.3 Å². The Hall–Kier alpha value is -3.64. The van der Waals surface area contributed by atoms with Crippen LogP contribution in [-0.4, -0.2) is 37.8 Å². The average molecular weight is 484 g/mol. The summed E-state index contributed by atoms with van der Waals surface area (Å²) in [6.07, 6.45) is 2.42. The number of ether oxygens (including phenoxy) is 1. The number of amides is 1. The maximum Gasteiger partial charge on any atom is 0.411 e. The van der Waals surface area contributed by atoms with Crippen LogP contribution in [0.3, 0.4) is 0 Å². The van der Waals surface area contributed by atoms with Gasteiger partial charge in [0, 0.05) is 26.4 Å². The Kier molecular flexibility index (Phi) is 6.08. The van der Waals surface area contributed by atoms with Gasteiger partial charge in [-0.05, 0) is 55.2 Å². The Balaban J connectivity index is 1.35. The largest absolute Gasteiger partial charge is 0.438 e. The molecular formula is C30H33N3O3. The van der Waals surface area contributed by atoms with E-state index in [0.717, 1.165) is 33.3 Å². The smallest absolute Gasteiger partial charge is 0.411 e. The molecule has 1 fully saturated rings. The molecule has 1 N–H and O–H groups in total. The van der Waals surface area contributed by atoms with Crippen molar-refractivity contribution in [2.75, 3.05) is 6.54 Å². The van der Waals surface area contributed by atoms with Gasteiger partial charge >= 0.3 is 6.09 Å². The van der Waals surface area contributed by atoms with Crippen LogP contribution in [0.15, 0.2) is 79.1 Å². The first-order valence-electron chi connectivity index (χ1n) is 12.4. The van der Waals surface area contributed by atoms with Gasteiger partial charge in [-0.25, -0.2) is 9.78 Å². The van der Waals surface area contributed by atoms with Crippen LogP contribution in [0.2, 0.25) is 0 Å². The fourth-order valence-corrected chi connectivity index (χ4v) is 5.34. The first-order valence-corrected chi connectivity index (χ1v) is 12.4. The quantitative estimate of drug-likeness (QED) is 0.355. The van der Waals surface area contributed by atoms with E-state index in [1.54, 1.807) is 18.7 Å². The standard InChI is InChI=1S/C30H33N3O3/c1-21(22-10-12-23(13-11-22)24-14-15-27-26(18-24)31-20-32(27)4)33-17-16-30(36-28(33)34,19-29(2,3)35)25-8-6-5-7-9-25/h5-15,18,20-21,35H,16-17,19H2,1-4H3/t21-,30-/m0/s1. The molecule has 0 saturated carbocycles. The summed E-state index contributed by atoms with van der Waals surface area (Å²) in [5, 5.41) is 10.6. The maximum atomic E-state index is 13.3. The van der Waals surface area contributed by atoms with Crippen LogP contribution >= 0.6 is 0 Å². The molecule has 2 heterocycles. The molecule has 186 valence electrons. The number of fused-ring (bicyclic) bond motifs is 1. The Morgan fingerprint density at radius 2 is 1.75 bits per heavy atom. The van der Waals surface area contributed by atoms with Crippen LogP contribution in [0.5, 0.6) is 0 Å². The summed E-state index contributed by atoms with van der Waals surface area (Å²) in [5.41, 5.74) is 4.43. The number of hydrogen-bond acceptors (Lipinski definition) is 4. The lowest BCUT2D eigenvalue weighted by molar-refractivity contribution is -0.101. The van der Waals surface area contributed by atoms with Crippen molar-refractivity contribution in [1.82, 2.24) is 14.5 Å². The van der Waals surface area contributed by atoms with Gasteiger partial charge in [0.15, 0.2) is 0 Å². The number of imidazole rings is 1. The van der Waals surface area contributed by atoms with E-state index in [1.807, 2.05) is 55.2 Å². The number of carbonyl (C=O) groups excluding carboxylic acids is 1. The number of nitrogens with zero attached hydrogens (tertiary/aromatic N) is 3. The van der Waals surface area contributed by atoms with Gasteiger partial charge in [0.2, 0.25) is 0 Å². The van der Waals surface area contributed by atoms with Crippen molar-refractivity contribution in [2.45, 2.75) is 50.9 Å². The number of rotatable bonds is 6. The summed E-state index contributed by atoms with van der Waals surface area (Å²) in [5.74, 6) is 0. The predicted molar refractivity (Wildman–Crippen MR) is 141 cm³/mol. The zero-order chi connectivity index (χ0) is 25.5. The molecule has 6 heteroatoms. The van der Waals surface area contributed by atoms with Gasteiger partial charge in [-0.3, -0.25) is 0 Å². The lowest BCUT2D eigenvalue weighted by Gasteiger charge is -2.45. The number of aryl methyl sites for hydroxylation is 1. The number of aromatic nitrogens is 2. The van der Waals surface area contributed by atoms with Crippen LogP contribution < -0.4 is 0 Å². The molecule has 3 aromatic carbocycles. The van der Waals surface area contributed by atoms with Gasteiger partial charge in [-0.1, -0.05) is 60.7 Å². The molecule has 6 nitrogen and oxygen atoms in total. The van der Waals surface area contributed by atoms with E-state index >= 15 is 0 Å². The van der Waals surface area contributed by atoms with Gasteiger partial charge in [0.1, 0.15) is 5.60 Å². The van der Waals surface area contributed by atoms with Crippen LogP contribution in [-0.2, 0) is 17.4 Å². The molecule has 1 aromatic heterocycles. The minimum atomic E-state index is -0.974. The number of aliphatic hydroxyl groups is 1. The van der Waals surface area contributed by atoms with E-state index in [0.29, 0.717) is 19.4 Å². The zero-order valence-electron chi connectivity index (χ0n) is 21.3. The van der Waals surface area contributed by atoms with E-state index in [4.69, 9.17) is 4.74 Å². The third kappa shape index (κ3) is 4.61. The fraction of sp³-hybridized carbons (Fsp3) is 0.333. The van der Waals surface area contributed by atoms with Crippen molar-refractivity contribution in [2.24, 2.45) is 7.05 Å². The minimum Gasteiger partial charge on any atom is -0.438 e. The lowest BCUT2D eigenvalue weighted by Crippen LogP contribution is -2.51. The van der Waals surface area contributed by atoms with Crippen LogP contribution in [0.4, 0.5) is 4.79 Å². The zero-order valence-corrected chi connectivity index (χ0v) is 21.3. The maximum absolute atomic E-state index is 13.3. The Morgan fingerprint density at radius 3 is 2.42 bits per heavy atom. The Morgan fingerprint density at radius 1 is 1.06 bits per heavy atom. The van der Waals surface area contributed by atoms with Crippen LogP contribution in [0.1, 0.15) is 50.8 Å². The number of carbonyl (C=O) groups is 1. The van der Waals surface area contributed by atoms with Gasteiger partial charge < -0.3 is 19.3 Å². The first-order chi connectivity index (χ1) is 17.2. The SMILES string of the molecule is C[C@@H](c1ccc(-c2ccc3c(c2)ncn3C)cc1)N1CC[C@](CC(C)(C)O)(c2ccccc2)OC1=O. The molecule has 0 aliphatic carbocycles. The lowest BCUT2D eigenvalue weighted by atomic mass is 9.80. The summed E-state index contributed by atoms with van der Waals surface area (Å²) in [6, 6.07) is 24.3. The van der Waals surface area contributed by atoms with Crippen molar-refractivity contribution < 1.29 is 14.6 Å². The molecule has 36 heavy (non-hydrogen) atoms. The first kappa shape index (κ1) is 24.1. The van der Waals surface area contributed by atoms with Crippen molar-refractivity contribution >= 4 is 17.1 Å². The van der Waals surface area contributed by atoms with Gasteiger partial charge in [0.25, 0.3) is 0 Å². The molecule has 1 aliphatic heterocycles. The van der Waals surface area contributed by atoms with E-state index in [-0.39, 0.29) is 12.1 Å². The predicted octanol–water partition coefficient (Wildman–Crippen LogP) is 6.20. The van der Waals surface area contributed by atoms with Crippen molar-refractivity contribution in [3.63, 3.8) is 0 Å². The third-order valence-electron chi connectivity index (χ3n) is 7.21. The highest BCUT2D eigenvalue weighted by molar-refractivity contribution is 5.82. The summed E-state index contributed by atoms with van der Waals surface area (Å²) in [6.45, 7) is 6.09. The van der Waals surface area contributed by atoms with E-state index in [1.165, 1.54) is 0 Å². The molecule has 0 spiro atoms. The molecule has 0 bridgehead atoms. The molecule has 1 amide bonds. The highest BCUT2D eigenvalue weighted by Crippen LogP contribution is 2.42. The monoisotopic (exact) mass is 483 g/mol. The minimum absolute atomic E-state index is 0.138. The summed E-state index contributed by atoms with van der Waals surface area (Å²) < 4.78 is 8.15. The Bertz CT molecular complexity index is 1370. The van der Waals surface area contributed by atoms with Gasteiger partial charge in [0.05, 0.1) is 29.0 Å². The van der Waals surface area contributed by atoms with Crippen LogP contribution in [0.25, 0.3) is 22.2 Å². The molecule has 0 unspecified atom stereocenters. The van der Waals surface area contributed by atoms with Gasteiger partial charge in [-0.2, -0.15) is 0 Å². The molecule has 0 radical (unpaired) electrons. The second kappa shape index (κ2) is 9.10. The Labute approximate surface area is 212 Å². The van der Waals surface area contributed by atoms with Crippen molar-refractivity contribution in [3.8, 4) is 11.1 Å². The average Bonchev–Trinajstić information content (AvgIpc) is 3.23. The van der Waals surface area contributed by atoms with E-state index in [9.17, 15) is 9.90 Å². The summed E-state index contributed by atoms with van der Waals surface area (Å²) >= 11 is 0. The normalized spacial score (nSPS) is 19.4. The molecule has 2 atom stereocenters.